The number of hydrogen-bond acceptors (Lipinski definition) is 3. The zero-order chi connectivity index (χ0) is 17.0. The van der Waals surface area contributed by atoms with E-state index in [9.17, 15) is 4.79 Å². The normalized spacial score (nSPS) is 19.7. The summed E-state index contributed by atoms with van der Waals surface area (Å²) >= 11 is 0. The number of halogens is 2. The van der Waals surface area contributed by atoms with Gasteiger partial charge in [-0.15, -0.1) is 24.8 Å². The second-order valence-electron chi connectivity index (χ2n) is 7.35. The molecule has 1 aromatic rings. The number of carbonyl (C=O) groups excluding carboxylic acids is 1. The monoisotopic (exact) mass is 389 g/mol. The van der Waals surface area contributed by atoms with Gasteiger partial charge in [0.25, 0.3) is 5.91 Å². The van der Waals surface area contributed by atoms with E-state index < -0.39 is 0 Å². The molecule has 1 heterocycles. The molecular formula is C19H33Cl2N3O. The lowest BCUT2D eigenvalue weighted by Gasteiger charge is -2.25. The van der Waals surface area contributed by atoms with E-state index in [0.717, 1.165) is 38.2 Å². The van der Waals surface area contributed by atoms with Crippen LogP contribution in [0.3, 0.4) is 0 Å². The van der Waals surface area contributed by atoms with Gasteiger partial charge in [0, 0.05) is 31.2 Å². The molecule has 144 valence electrons. The zero-order valence-corrected chi connectivity index (χ0v) is 17.5. The number of hydrogen-bond donors (Lipinski definition) is 1. The van der Waals surface area contributed by atoms with E-state index in [1.54, 1.807) is 0 Å². The lowest BCUT2D eigenvalue weighted by molar-refractivity contribution is 0.0777. The van der Waals surface area contributed by atoms with Crippen LogP contribution in [0.15, 0.2) is 24.3 Å². The van der Waals surface area contributed by atoms with Crippen LogP contribution >= 0.6 is 24.8 Å². The van der Waals surface area contributed by atoms with E-state index in [0.29, 0.717) is 12.6 Å². The van der Waals surface area contributed by atoms with Crippen LogP contribution < -0.4 is 5.73 Å². The number of likely N-dealkylation sites (tertiary alicyclic amines) is 1. The summed E-state index contributed by atoms with van der Waals surface area (Å²) in [5.74, 6) is 0.130. The SMILES string of the molecule is CCN(Cc1ccc(C(=O)N2CCC(C)(CN)C2)cc1)C(C)C.Cl.Cl. The van der Waals surface area contributed by atoms with Gasteiger partial charge >= 0.3 is 0 Å². The lowest BCUT2D eigenvalue weighted by Crippen LogP contribution is -2.34. The van der Waals surface area contributed by atoms with Gasteiger partial charge in [0.05, 0.1) is 0 Å². The number of rotatable bonds is 6. The van der Waals surface area contributed by atoms with Gasteiger partial charge in [0.2, 0.25) is 0 Å². The molecule has 0 aromatic heterocycles. The number of amides is 1. The highest BCUT2D eigenvalue weighted by molar-refractivity contribution is 5.94. The minimum absolute atomic E-state index is 0. The predicted molar refractivity (Wildman–Crippen MR) is 110 cm³/mol. The van der Waals surface area contributed by atoms with Crippen molar-refractivity contribution in [3.8, 4) is 0 Å². The van der Waals surface area contributed by atoms with Crippen molar-refractivity contribution in [3.05, 3.63) is 35.4 Å². The summed E-state index contributed by atoms with van der Waals surface area (Å²) in [6.45, 7) is 12.9. The van der Waals surface area contributed by atoms with E-state index in [-0.39, 0.29) is 36.1 Å². The molecular weight excluding hydrogens is 357 g/mol. The van der Waals surface area contributed by atoms with E-state index in [1.807, 2.05) is 17.0 Å². The third-order valence-electron chi connectivity index (χ3n) is 5.06. The first kappa shape index (κ1) is 24.2. The molecule has 0 radical (unpaired) electrons. The fourth-order valence-electron chi connectivity index (χ4n) is 3.19. The Labute approximate surface area is 164 Å². The first-order valence-electron chi connectivity index (χ1n) is 8.71. The summed E-state index contributed by atoms with van der Waals surface area (Å²) in [4.78, 5) is 17.0. The van der Waals surface area contributed by atoms with Gasteiger partial charge in [-0.05, 0) is 56.5 Å². The average Bonchev–Trinajstić information content (AvgIpc) is 2.95. The molecule has 2 rings (SSSR count). The van der Waals surface area contributed by atoms with Crippen molar-refractivity contribution in [2.75, 3.05) is 26.2 Å². The van der Waals surface area contributed by atoms with Gasteiger partial charge < -0.3 is 10.6 Å². The average molecular weight is 390 g/mol. The molecule has 1 unspecified atom stereocenters. The van der Waals surface area contributed by atoms with Crippen molar-refractivity contribution >= 4 is 30.7 Å². The second-order valence-corrected chi connectivity index (χ2v) is 7.35. The Morgan fingerprint density at radius 3 is 2.32 bits per heavy atom. The number of benzene rings is 1. The fraction of sp³-hybridized carbons (Fsp3) is 0.632. The van der Waals surface area contributed by atoms with Gasteiger partial charge in [-0.1, -0.05) is 26.0 Å². The molecule has 0 saturated carbocycles. The molecule has 1 aromatic carbocycles. The van der Waals surface area contributed by atoms with Crippen LogP contribution in [0.1, 0.15) is 50.0 Å². The standard InChI is InChI=1S/C19H31N3O.2ClH/c1-5-21(15(2)3)12-16-6-8-17(9-7-16)18(23)22-11-10-19(4,13-20)14-22;;/h6-9,15H,5,10-14,20H2,1-4H3;2*1H. The highest BCUT2D eigenvalue weighted by Gasteiger charge is 2.35. The quantitative estimate of drug-likeness (QED) is 0.808. The summed E-state index contributed by atoms with van der Waals surface area (Å²) in [7, 11) is 0. The van der Waals surface area contributed by atoms with Crippen LogP contribution in [0.4, 0.5) is 0 Å². The van der Waals surface area contributed by atoms with E-state index in [2.05, 4.69) is 44.7 Å². The van der Waals surface area contributed by atoms with Gasteiger partial charge in [0.1, 0.15) is 0 Å². The molecule has 1 atom stereocenters. The molecule has 2 N–H and O–H groups in total. The molecule has 1 aliphatic heterocycles. The minimum atomic E-state index is 0. The Morgan fingerprint density at radius 2 is 1.88 bits per heavy atom. The maximum atomic E-state index is 12.6. The highest BCUT2D eigenvalue weighted by atomic mass is 35.5. The Hall–Kier alpha value is -0.810. The third kappa shape index (κ3) is 6.14. The van der Waals surface area contributed by atoms with Crippen LogP contribution in [0.5, 0.6) is 0 Å². The molecule has 6 heteroatoms. The van der Waals surface area contributed by atoms with Crippen molar-refractivity contribution in [2.24, 2.45) is 11.1 Å². The molecule has 1 fully saturated rings. The van der Waals surface area contributed by atoms with Crippen molar-refractivity contribution in [1.29, 1.82) is 0 Å². The van der Waals surface area contributed by atoms with Gasteiger partial charge in [-0.3, -0.25) is 9.69 Å². The largest absolute Gasteiger partial charge is 0.338 e. The maximum absolute atomic E-state index is 12.6. The highest BCUT2D eigenvalue weighted by Crippen LogP contribution is 2.29. The summed E-state index contributed by atoms with van der Waals surface area (Å²) in [5.41, 5.74) is 7.94. The van der Waals surface area contributed by atoms with Gasteiger partial charge in [-0.25, -0.2) is 0 Å². The van der Waals surface area contributed by atoms with Gasteiger partial charge in [-0.2, -0.15) is 0 Å². The second kappa shape index (κ2) is 10.4. The Kier molecular flexibility index (Phi) is 10.0. The Balaban J connectivity index is 0.00000288. The van der Waals surface area contributed by atoms with E-state index in [1.165, 1.54) is 5.56 Å². The summed E-state index contributed by atoms with van der Waals surface area (Å²) in [5, 5.41) is 0. The van der Waals surface area contributed by atoms with Gasteiger partial charge in [0.15, 0.2) is 0 Å². The molecule has 0 bridgehead atoms. The molecule has 4 nitrogen and oxygen atoms in total. The topological polar surface area (TPSA) is 49.6 Å². The minimum Gasteiger partial charge on any atom is -0.338 e. The molecule has 0 spiro atoms. The Morgan fingerprint density at radius 1 is 1.28 bits per heavy atom. The fourth-order valence-corrected chi connectivity index (χ4v) is 3.19. The van der Waals surface area contributed by atoms with Crippen LogP contribution in [-0.2, 0) is 6.54 Å². The summed E-state index contributed by atoms with van der Waals surface area (Å²) < 4.78 is 0. The molecule has 0 aliphatic carbocycles. The molecule has 1 aliphatic rings. The summed E-state index contributed by atoms with van der Waals surface area (Å²) in [6, 6.07) is 8.61. The van der Waals surface area contributed by atoms with Crippen molar-refractivity contribution in [3.63, 3.8) is 0 Å². The van der Waals surface area contributed by atoms with Crippen LogP contribution in [0.25, 0.3) is 0 Å². The number of carbonyl (C=O) groups is 1. The van der Waals surface area contributed by atoms with E-state index >= 15 is 0 Å². The molecule has 1 saturated heterocycles. The van der Waals surface area contributed by atoms with E-state index in [4.69, 9.17) is 5.73 Å². The first-order valence-corrected chi connectivity index (χ1v) is 8.71. The van der Waals surface area contributed by atoms with Crippen molar-refractivity contribution in [1.82, 2.24) is 9.80 Å². The first-order chi connectivity index (χ1) is 10.9. The third-order valence-corrected chi connectivity index (χ3v) is 5.06. The lowest BCUT2D eigenvalue weighted by atomic mass is 9.90. The maximum Gasteiger partial charge on any atom is 0.253 e. The number of nitrogens with two attached hydrogens (primary N) is 1. The van der Waals surface area contributed by atoms with Crippen molar-refractivity contribution in [2.45, 2.75) is 46.7 Å². The van der Waals surface area contributed by atoms with Crippen molar-refractivity contribution < 1.29 is 4.79 Å². The zero-order valence-electron chi connectivity index (χ0n) is 15.8. The number of nitrogens with zero attached hydrogens (tertiary/aromatic N) is 2. The van der Waals surface area contributed by atoms with Crippen LogP contribution in [0.2, 0.25) is 0 Å². The molecule has 1 amide bonds. The summed E-state index contributed by atoms with van der Waals surface area (Å²) in [6.07, 6.45) is 0.993. The molecule has 25 heavy (non-hydrogen) atoms. The van der Waals surface area contributed by atoms with Crippen LogP contribution in [-0.4, -0.2) is 47.9 Å². The Bertz CT molecular complexity index is 536. The smallest absolute Gasteiger partial charge is 0.253 e. The predicted octanol–water partition coefficient (Wildman–Crippen LogP) is 3.57. The van der Waals surface area contributed by atoms with Crippen LogP contribution in [0, 0.1) is 5.41 Å².